The second-order valence-electron chi connectivity index (χ2n) is 7.04. The number of unbranched alkanes of at least 4 members (excludes halogenated alkanes) is 1. The Morgan fingerprint density at radius 3 is 2.15 bits per heavy atom. The van der Waals surface area contributed by atoms with E-state index in [1.54, 1.807) is 0 Å². The highest BCUT2D eigenvalue weighted by Crippen LogP contribution is 2.38. The van der Waals surface area contributed by atoms with Crippen LogP contribution < -0.4 is 10.6 Å². The van der Waals surface area contributed by atoms with Gasteiger partial charge >= 0.3 is 0 Å². The van der Waals surface area contributed by atoms with Crippen LogP contribution in [-0.2, 0) is 0 Å². The normalized spacial score (nSPS) is 12.5. The smallest absolute Gasteiger partial charge is 0.00973 e. The molecule has 0 bridgehead atoms. The van der Waals surface area contributed by atoms with E-state index >= 15 is 0 Å². The monoisotopic (exact) mass is 356 g/mol. The summed E-state index contributed by atoms with van der Waals surface area (Å²) in [6.45, 7) is 4.46. The average molecular weight is 356 g/mol. The van der Waals surface area contributed by atoms with Gasteiger partial charge in [-0.05, 0) is 71.7 Å². The Morgan fingerprint density at radius 1 is 0.731 bits per heavy atom. The van der Waals surface area contributed by atoms with Crippen molar-refractivity contribution >= 4 is 40.1 Å². The molecule has 0 heterocycles. The van der Waals surface area contributed by atoms with E-state index in [1.165, 1.54) is 56.7 Å². The molecule has 26 heavy (non-hydrogen) atoms. The second-order valence-corrected chi connectivity index (χ2v) is 9.34. The van der Waals surface area contributed by atoms with Crippen molar-refractivity contribution in [2.24, 2.45) is 0 Å². The summed E-state index contributed by atoms with van der Waals surface area (Å²) in [7, 11) is -0.324. The maximum atomic E-state index is 2.40. The second kappa shape index (κ2) is 7.60. The standard InChI is InChI=1S/C25H25P/c1-3-4-16-26(23-14-12-19(2)13-15-23)25-11-7-10-22-17-20-8-5-6-9-21(20)18-24(22)25/h5-15,17-18H,3-4,16H2,1-2H3. The van der Waals surface area contributed by atoms with E-state index in [9.17, 15) is 0 Å². The van der Waals surface area contributed by atoms with Crippen LogP contribution in [0.15, 0.2) is 78.9 Å². The lowest BCUT2D eigenvalue weighted by atomic mass is 10.0. The molecule has 1 unspecified atom stereocenters. The van der Waals surface area contributed by atoms with Gasteiger partial charge in [0.1, 0.15) is 0 Å². The van der Waals surface area contributed by atoms with E-state index in [0.29, 0.717) is 0 Å². The lowest BCUT2D eigenvalue weighted by molar-refractivity contribution is 0.894. The first-order chi connectivity index (χ1) is 12.8. The zero-order chi connectivity index (χ0) is 17.9. The molecular formula is C25H25P. The van der Waals surface area contributed by atoms with Gasteiger partial charge in [0.25, 0.3) is 0 Å². The Bertz CT molecular complexity index is 1030. The summed E-state index contributed by atoms with van der Waals surface area (Å²) < 4.78 is 0. The molecule has 1 heteroatoms. The van der Waals surface area contributed by atoms with Crippen molar-refractivity contribution in [3.63, 3.8) is 0 Å². The minimum atomic E-state index is -0.324. The lowest BCUT2D eigenvalue weighted by Gasteiger charge is -2.21. The maximum absolute atomic E-state index is 2.40. The zero-order valence-corrected chi connectivity index (χ0v) is 16.5. The van der Waals surface area contributed by atoms with Crippen molar-refractivity contribution in [3.8, 4) is 0 Å². The van der Waals surface area contributed by atoms with Crippen LogP contribution in [0.25, 0.3) is 21.5 Å². The Balaban J connectivity index is 1.90. The molecule has 0 nitrogen and oxygen atoms in total. The minimum Gasteiger partial charge on any atom is -0.0654 e. The number of benzene rings is 4. The Morgan fingerprint density at radius 2 is 1.42 bits per heavy atom. The first kappa shape index (κ1) is 17.3. The predicted octanol–water partition coefficient (Wildman–Crippen LogP) is 6.53. The first-order valence-electron chi connectivity index (χ1n) is 9.52. The van der Waals surface area contributed by atoms with Crippen LogP contribution in [-0.4, -0.2) is 6.16 Å². The molecule has 0 aromatic heterocycles. The van der Waals surface area contributed by atoms with E-state index in [-0.39, 0.29) is 7.92 Å². The molecule has 0 radical (unpaired) electrons. The third-order valence-electron chi connectivity index (χ3n) is 5.10. The first-order valence-corrected chi connectivity index (χ1v) is 11.0. The van der Waals surface area contributed by atoms with Crippen LogP contribution in [0.5, 0.6) is 0 Å². The van der Waals surface area contributed by atoms with Crippen molar-refractivity contribution in [2.45, 2.75) is 26.7 Å². The van der Waals surface area contributed by atoms with E-state index in [1.807, 2.05) is 0 Å². The van der Waals surface area contributed by atoms with Crippen molar-refractivity contribution in [1.29, 1.82) is 0 Å². The van der Waals surface area contributed by atoms with Crippen LogP contribution in [0, 0.1) is 6.92 Å². The molecule has 0 aliphatic carbocycles. The Hall–Kier alpha value is -2.17. The third kappa shape index (κ3) is 3.39. The molecule has 0 aliphatic heterocycles. The molecule has 0 amide bonds. The van der Waals surface area contributed by atoms with E-state index < -0.39 is 0 Å². The summed E-state index contributed by atoms with van der Waals surface area (Å²) >= 11 is 0. The van der Waals surface area contributed by atoms with Crippen LogP contribution in [0.4, 0.5) is 0 Å². The summed E-state index contributed by atoms with van der Waals surface area (Å²) in [5.74, 6) is 0. The molecule has 0 fully saturated rings. The van der Waals surface area contributed by atoms with Gasteiger partial charge in [0.2, 0.25) is 0 Å². The fourth-order valence-electron chi connectivity index (χ4n) is 3.62. The highest BCUT2D eigenvalue weighted by molar-refractivity contribution is 7.73. The fraction of sp³-hybridized carbons (Fsp3) is 0.200. The Kier molecular flexibility index (Phi) is 5.05. The third-order valence-corrected chi connectivity index (χ3v) is 7.75. The number of hydrogen-bond donors (Lipinski definition) is 0. The van der Waals surface area contributed by atoms with E-state index in [4.69, 9.17) is 0 Å². The number of aryl methyl sites for hydroxylation is 1. The molecule has 4 aromatic carbocycles. The molecule has 0 saturated carbocycles. The summed E-state index contributed by atoms with van der Waals surface area (Å²) in [6, 6.07) is 29.5. The largest absolute Gasteiger partial charge is 0.0654 e. The summed E-state index contributed by atoms with van der Waals surface area (Å²) in [5, 5.41) is 8.47. The van der Waals surface area contributed by atoms with Gasteiger partial charge in [-0.2, -0.15) is 0 Å². The highest BCUT2D eigenvalue weighted by atomic mass is 31.1. The molecule has 0 N–H and O–H groups in total. The molecule has 4 rings (SSSR count). The van der Waals surface area contributed by atoms with Gasteiger partial charge in [-0.3, -0.25) is 0 Å². The van der Waals surface area contributed by atoms with Crippen LogP contribution in [0.1, 0.15) is 25.3 Å². The topological polar surface area (TPSA) is 0 Å². The van der Waals surface area contributed by atoms with Gasteiger partial charge in [-0.15, -0.1) is 0 Å². The molecule has 0 spiro atoms. The quantitative estimate of drug-likeness (QED) is 0.281. The number of rotatable bonds is 5. The van der Waals surface area contributed by atoms with E-state index in [2.05, 4.69) is 92.7 Å². The van der Waals surface area contributed by atoms with Gasteiger partial charge < -0.3 is 0 Å². The molecule has 130 valence electrons. The molecule has 4 aromatic rings. The van der Waals surface area contributed by atoms with Crippen LogP contribution >= 0.6 is 7.92 Å². The highest BCUT2D eigenvalue weighted by Gasteiger charge is 2.16. The molecule has 0 saturated heterocycles. The SMILES string of the molecule is CCCCP(c1ccc(C)cc1)c1cccc2cc3ccccc3cc12. The molecular weight excluding hydrogens is 331 g/mol. The van der Waals surface area contributed by atoms with Crippen LogP contribution in [0.2, 0.25) is 0 Å². The van der Waals surface area contributed by atoms with Crippen molar-refractivity contribution < 1.29 is 0 Å². The number of fused-ring (bicyclic) bond motifs is 2. The average Bonchev–Trinajstić information content (AvgIpc) is 2.68. The zero-order valence-electron chi connectivity index (χ0n) is 15.6. The van der Waals surface area contributed by atoms with Gasteiger partial charge in [-0.1, -0.05) is 85.6 Å². The summed E-state index contributed by atoms with van der Waals surface area (Å²) in [4.78, 5) is 0. The predicted molar refractivity (Wildman–Crippen MR) is 119 cm³/mol. The van der Waals surface area contributed by atoms with Gasteiger partial charge in [0, 0.05) is 0 Å². The molecule has 1 atom stereocenters. The molecule has 0 aliphatic rings. The van der Waals surface area contributed by atoms with Crippen molar-refractivity contribution in [3.05, 3.63) is 84.4 Å². The van der Waals surface area contributed by atoms with E-state index in [0.717, 1.165) is 0 Å². The van der Waals surface area contributed by atoms with Gasteiger partial charge in [0.15, 0.2) is 0 Å². The summed E-state index contributed by atoms with van der Waals surface area (Å²) in [5.41, 5.74) is 1.34. The van der Waals surface area contributed by atoms with Crippen molar-refractivity contribution in [2.75, 3.05) is 6.16 Å². The fourth-order valence-corrected chi connectivity index (χ4v) is 6.28. The lowest BCUT2D eigenvalue weighted by Crippen LogP contribution is -2.15. The minimum absolute atomic E-state index is 0.324. The van der Waals surface area contributed by atoms with Gasteiger partial charge in [0.05, 0.1) is 0 Å². The van der Waals surface area contributed by atoms with Crippen molar-refractivity contribution in [1.82, 2.24) is 0 Å². The number of hydrogen-bond acceptors (Lipinski definition) is 0. The maximum Gasteiger partial charge on any atom is -0.00973 e. The summed E-state index contributed by atoms with van der Waals surface area (Å²) in [6.07, 6.45) is 3.79. The van der Waals surface area contributed by atoms with Crippen LogP contribution in [0.3, 0.4) is 0 Å². The van der Waals surface area contributed by atoms with Gasteiger partial charge in [-0.25, -0.2) is 0 Å². The Labute approximate surface area is 157 Å².